The number of benzene rings is 4. The first-order valence-electron chi connectivity index (χ1n) is 10.7. The number of carbonyl (C=O) groups excluding carboxylic acids is 2. The highest BCUT2D eigenvalue weighted by molar-refractivity contribution is 6.32. The van der Waals surface area contributed by atoms with Crippen LogP contribution in [0.3, 0.4) is 0 Å². The molecule has 0 radical (unpaired) electrons. The number of fused-ring (bicyclic) bond motifs is 2. The van der Waals surface area contributed by atoms with E-state index in [1.165, 1.54) is 0 Å². The van der Waals surface area contributed by atoms with Gasteiger partial charge >= 0.3 is 0 Å². The van der Waals surface area contributed by atoms with E-state index in [4.69, 9.17) is 0 Å². The second-order valence-corrected chi connectivity index (χ2v) is 8.02. The van der Waals surface area contributed by atoms with Gasteiger partial charge in [0.2, 0.25) is 0 Å². The van der Waals surface area contributed by atoms with Gasteiger partial charge in [0.25, 0.3) is 0 Å². The van der Waals surface area contributed by atoms with Crippen molar-refractivity contribution in [3.63, 3.8) is 0 Å². The van der Waals surface area contributed by atoms with E-state index >= 15 is 0 Å². The fraction of sp³-hybridized carbons (Fsp3) is 0.0345. The van der Waals surface area contributed by atoms with Crippen molar-refractivity contribution in [2.75, 3.05) is 10.6 Å². The van der Waals surface area contributed by atoms with Crippen LogP contribution in [0.2, 0.25) is 0 Å². The van der Waals surface area contributed by atoms with Gasteiger partial charge in [0.15, 0.2) is 11.6 Å². The zero-order chi connectivity index (χ0) is 22.9. The number of rotatable bonds is 5. The van der Waals surface area contributed by atoms with Crippen molar-refractivity contribution in [3.05, 3.63) is 125 Å². The number of carbonyl (C=O) groups is 2. The number of aryl methyl sites for hydroxylation is 1. The summed E-state index contributed by atoms with van der Waals surface area (Å²) >= 11 is 0. The van der Waals surface area contributed by atoms with E-state index in [-0.39, 0.29) is 11.6 Å². The summed E-state index contributed by atoms with van der Waals surface area (Å²) in [5.41, 5.74) is 6.48. The molecule has 0 fully saturated rings. The van der Waals surface area contributed by atoms with E-state index in [1.54, 1.807) is 30.3 Å². The van der Waals surface area contributed by atoms with Crippen LogP contribution in [0, 0.1) is 6.92 Å². The predicted molar refractivity (Wildman–Crippen MR) is 134 cm³/mol. The molecule has 0 bridgehead atoms. The fourth-order valence-electron chi connectivity index (χ4n) is 4.16. The molecule has 0 aliphatic heterocycles. The standard InChI is InChI=1S/C29H22N2O2/c1-3-19-8-4-7-11-23(19)31-25-17-16-24(30-20-14-12-18(2)13-15-20)26-27(25)29(33)22-10-6-5-9-21(22)28(26)32/h3-17,30-31H,1H2,2H3. The molecular weight excluding hydrogens is 408 g/mol. The van der Waals surface area contributed by atoms with Crippen LogP contribution >= 0.6 is 0 Å². The van der Waals surface area contributed by atoms with Gasteiger partial charge in [-0.3, -0.25) is 9.59 Å². The molecule has 2 N–H and O–H groups in total. The third-order valence-electron chi connectivity index (χ3n) is 5.86. The van der Waals surface area contributed by atoms with Gasteiger partial charge < -0.3 is 10.6 Å². The van der Waals surface area contributed by atoms with Crippen LogP contribution < -0.4 is 10.6 Å². The molecular formula is C29H22N2O2. The first kappa shape index (κ1) is 20.5. The van der Waals surface area contributed by atoms with Gasteiger partial charge in [0, 0.05) is 22.5 Å². The zero-order valence-electron chi connectivity index (χ0n) is 18.2. The van der Waals surface area contributed by atoms with E-state index in [0.29, 0.717) is 33.6 Å². The number of ketones is 2. The topological polar surface area (TPSA) is 58.2 Å². The van der Waals surface area contributed by atoms with E-state index in [2.05, 4.69) is 17.2 Å². The predicted octanol–water partition coefficient (Wildman–Crippen LogP) is 6.90. The molecule has 0 saturated heterocycles. The highest BCUT2D eigenvalue weighted by Gasteiger charge is 2.34. The van der Waals surface area contributed by atoms with Gasteiger partial charge in [-0.2, -0.15) is 0 Å². The Morgan fingerprint density at radius 3 is 1.79 bits per heavy atom. The van der Waals surface area contributed by atoms with Crippen LogP contribution in [0.4, 0.5) is 22.7 Å². The molecule has 1 aliphatic rings. The van der Waals surface area contributed by atoms with Crippen LogP contribution in [-0.4, -0.2) is 11.6 Å². The third kappa shape index (κ3) is 3.62. The number of hydrogen-bond acceptors (Lipinski definition) is 4. The monoisotopic (exact) mass is 430 g/mol. The van der Waals surface area contributed by atoms with E-state index < -0.39 is 0 Å². The van der Waals surface area contributed by atoms with Gasteiger partial charge in [0.1, 0.15) is 0 Å². The second-order valence-electron chi connectivity index (χ2n) is 8.02. The lowest BCUT2D eigenvalue weighted by atomic mass is 9.82. The van der Waals surface area contributed by atoms with Gasteiger partial charge in [-0.1, -0.05) is 72.8 Å². The number of para-hydroxylation sites is 1. The Hall–Kier alpha value is -4.44. The van der Waals surface area contributed by atoms with Crippen molar-refractivity contribution in [3.8, 4) is 0 Å². The Labute approximate surface area is 192 Å². The molecule has 1 aliphatic carbocycles. The lowest BCUT2D eigenvalue weighted by molar-refractivity contribution is 0.0980. The summed E-state index contributed by atoms with van der Waals surface area (Å²) in [6.07, 6.45) is 1.75. The van der Waals surface area contributed by atoms with E-state index in [9.17, 15) is 9.59 Å². The van der Waals surface area contributed by atoms with Crippen molar-refractivity contribution in [2.45, 2.75) is 6.92 Å². The van der Waals surface area contributed by atoms with Crippen molar-refractivity contribution in [2.24, 2.45) is 0 Å². The van der Waals surface area contributed by atoms with E-state index in [1.807, 2.05) is 67.6 Å². The summed E-state index contributed by atoms with van der Waals surface area (Å²) in [7, 11) is 0. The van der Waals surface area contributed by atoms with Crippen molar-refractivity contribution in [1.82, 2.24) is 0 Å². The minimum absolute atomic E-state index is 0.171. The van der Waals surface area contributed by atoms with Crippen LogP contribution in [0.15, 0.2) is 91.5 Å². The van der Waals surface area contributed by atoms with E-state index in [0.717, 1.165) is 22.5 Å². The first-order valence-corrected chi connectivity index (χ1v) is 10.7. The van der Waals surface area contributed by atoms with Gasteiger partial charge in [-0.25, -0.2) is 0 Å². The molecule has 33 heavy (non-hydrogen) atoms. The summed E-state index contributed by atoms with van der Waals surface area (Å²) < 4.78 is 0. The molecule has 5 rings (SSSR count). The van der Waals surface area contributed by atoms with Crippen LogP contribution in [0.5, 0.6) is 0 Å². The number of anilines is 4. The molecule has 4 aromatic rings. The molecule has 0 unspecified atom stereocenters. The SMILES string of the molecule is C=Cc1ccccc1Nc1ccc(Nc2ccc(C)cc2)c2c1C(=O)c1ccccc1C2=O. The van der Waals surface area contributed by atoms with Crippen molar-refractivity contribution in [1.29, 1.82) is 0 Å². The van der Waals surface area contributed by atoms with Crippen molar-refractivity contribution < 1.29 is 9.59 Å². The summed E-state index contributed by atoms with van der Waals surface area (Å²) in [6, 6.07) is 26.3. The summed E-state index contributed by atoms with van der Waals surface area (Å²) in [5, 5.41) is 6.70. The summed E-state index contributed by atoms with van der Waals surface area (Å²) in [6.45, 7) is 5.89. The molecule has 4 heteroatoms. The van der Waals surface area contributed by atoms with Crippen LogP contribution in [0.1, 0.15) is 43.0 Å². The summed E-state index contributed by atoms with van der Waals surface area (Å²) in [5.74, 6) is -0.346. The zero-order valence-corrected chi connectivity index (χ0v) is 18.2. The molecule has 160 valence electrons. The number of nitrogens with one attached hydrogen (secondary N) is 2. The Kier molecular flexibility index (Phi) is 5.11. The molecule has 4 nitrogen and oxygen atoms in total. The molecule has 0 spiro atoms. The maximum absolute atomic E-state index is 13.6. The molecule has 0 aromatic heterocycles. The molecule has 0 heterocycles. The Morgan fingerprint density at radius 2 is 1.18 bits per heavy atom. The average molecular weight is 431 g/mol. The fourth-order valence-corrected chi connectivity index (χ4v) is 4.16. The molecule has 0 saturated carbocycles. The van der Waals surface area contributed by atoms with Crippen LogP contribution in [-0.2, 0) is 0 Å². The highest BCUT2D eigenvalue weighted by atomic mass is 16.1. The minimum atomic E-state index is -0.175. The molecule has 0 atom stereocenters. The third-order valence-corrected chi connectivity index (χ3v) is 5.86. The summed E-state index contributed by atoms with van der Waals surface area (Å²) in [4.78, 5) is 27.2. The molecule has 0 amide bonds. The van der Waals surface area contributed by atoms with Gasteiger partial charge in [-0.15, -0.1) is 0 Å². The molecule has 4 aromatic carbocycles. The normalized spacial score (nSPS) is 12.0. The largest absolute Gasteiger partial charge is 0.355 e. The average Bonchev–Trinajstić information content (AvgIpc) is 2.85. The van der Waals surface area contributed by atoms with Crippen molar-refractivity contribution >= 4 is 40.4 Å². The van der Waals surface area contributed by atoms with Crippen LogP contribution in [0.25, 0.3) is 6.08 Å². The maximum Gasteiger partial charge on any atom is 0.196 e. The number of hydrogen-bond donors (Lipinski definition) is 2. The Morgan fingerprint density at radius 1 is 0.636 bits per heavy atom. The van der Waals surface area contributed by atoms with Gasteiger partial charge in [-0.05, 0) is 42.8 Å². The highest BCUT2D eigenvalue weighted by Crippen LogP contribution is 2.39. The maximum atomic E-state index is 13.6. The first-order chi connectivity index (χ1) is 16.1. The lowest BCUT2D eigenvalue weighted by Crippen LogP contribution is -2.23. The quantitative estimate of drug-likeness (QED) is 0.318. The minimum Gasteiger partial charge on any atom is -0.355 e. The second kappa shape index (κ2) is 8.24. The Balaban J connectivity index is 1.68. The lowest BCUT2D eigenvalue weighted by Gasteiger charge is -2.24. The van der Waals surface area contributed by atoms with Gasteiger partial charge in [0.05, 0.1) is 22.5 Å². The Bertz CT molecular complexity index is 1420. The smallest absolute Gasteiger partial charge is 0.196 e.